The first-order valence-electron chi connectivity index (χ1n) is 4.18. The van der Waals surface area contributed by atoms with Crippen molar-refractivity contribution in [2.75, 3.05) is 7.11 Å². The summed E-state index contributed by atoms with van der Waals surface area (Å²) >= 11 is 1.63. The molecule has 0 saturated carbocycles. The number of methoxy groups -OCH3 is 1. The van der Waals surface area contributed by atoms with Crippen LogP contribution in [0.5, 0.6) is 5.75 Å². The number of carbonyl (C=O) groups is 1. The molecule has 0 saturated heterocycles. The number of aromatic hydroxyl groups is 1. The van der Waals surface area contributed by atoms with Crippen LogP contribution in [-0.4, -0.2) is 23.2 Å². The third-order valence-corrected chi connectivity index (χ3v) is 2.70. The first kappa shape index (κ1) is 13.1. The Hall–Kier alpha value is -0.990. The lowest BCUT2D eigenvalue weighted by Crippen LogP contribution is -2.08. The van der Waals surface area contributed by atoms with Gasteiger partial charge in [-0.3, -0.25) is 4.79 Å². The van der Waals surface area contributed by atoms with Crippen molar-refractivity contribution in [3.63, 3.8) is 0 Å². The zero-order chi connectivity index (χ0) is 12.3. The maximum Gasteiger partial charge on any atom is 0.310 e. The van der Waals surface area contributed by atoms with Crippen LogP contribution in [0.25, 0.3) is 0 Å². The van der Waals surface area contributed by atoms with Crippen LogP contribution in [0.15, 0.2) is 6.20 Å². The number of hydrogen-bond donors (Lipinski definition) is 1. The average Bonchev–Trinajstić information content (AvgIpc) is 2.23. The Morgan fingerprint density at radius 1 is 1.69 bits per heavy atom. The molecule has 16 heavy (non-hydrogen) atoms. The van der Waals surface area contributed by atoms with E-state index in [2.05, 4.69) is 9.72 Å². The molecule has 0 fully saturated rings. The summed E-state index contributed by atoms with van der Waals surface area (Å²) in [5, 5.41) is 9.43. The number of carbonyl (C=O) groups excluding carboxylic acids is 1. The van der Waals surface area contributed by atoms with E-state index >= 15 is 0 Å². The van der Waals surface area contributed by atoms with Crippen molar-refractivity contribution < 1.29 is 23.4 Å². The molecule has 1 N–H and O–H groups in total. The average molecular weight is 343 g/mol. The zero-order valence-electron chi connectivity index (χ0n) is 8.21. The third kappa shape index (κ3) is 2.77. The standard InChI is InChI=1S/C9H8F2INO3/c1-16-5(14)2-4-3-13-9(12)7(15)6(4)8(10)11/h3,8,15H,2H2,1H3. The summed E-state index contributed by atoms with van der Waals surface area (Å²) in [7, 11) is 1.16. The monoisotopic (exact) mass is 343 g/mol. The summed E-state index contributed by atoms with van der Waals surface area (Å²) in [6.07, 6.45) is -2.07. The summed E-state index contributed by atoms with van der Waals surface area (Å²) in [5.41, 5.74) is -0.593. The highest BCUT2D eigenvalue weighted by atomic mass is 127. The first-order valence-corrected chi connectivity index (χ1v) is 5.26. The van der Waals surface area contributed by atoms with Crippen LogP contribution >= 0.6 is 22.6 Å². The van der Waals surface area contributed by atoms with E-state index in [4.69, 9.17) is 0 Å². The molecular formula is C9H8F2INO3. The Morgan fingerprint density at radius 3 is 2.81 bits per heavy atom. The van der Waals surface area contributed by atoms with Gasteiger partial charge < -0.3 is 9.84 Å². The summed E-state index contributed by atoms with van der Waals surface area (Å²) in [4.78, 5) is 14.7. The molecule has 0 unspecified atom stereocenters. The Balaban J connectivity index is 3.18. The number of aromatic nitrogens is 1. The van der Waals surface area contributed by atoms with Gasteiger partial charge in [-0.15, -0.1) is 0 Å². The molecule has 0 aliphatic heterocycles. The van der Waals surface area contributed by atoms with E-state index in [9.17, 15) is 18.7 Å². The molecule has 7 heteroatoms. The van der Waals surface area contributed by atoms with Gasteiger partial charge in [0.1, 0.15) is 3.70 Å². The van der Waals surface area contributed by atoms with Crippen LogP contribution in [0, 0.1) is 3.70 Å². The highest BCUT2D eigenvalue weighted by Crippen LogP contribution is 2.34. The number of nitrogens with zero attached hydrogens (tertiary/aromatic N) is 1. The van der Waals surface area contributed by atoms with Crippen LogP contribution in [-0.2, 0) is 16.0 Å². The fourth-order valence-corrected chi connectivity index (χ4v) is 1.57. The Morgan fingerprint density at radius 2 is 2.31 bits per heavy atom. The molecule has 0 radical (unpaired) electrons. The Kier molecular flexibility index (Phi) is 4.39. The summed E-state index contributed by atoms with van der Waals surface area (Å²) in [6, 6.07) is 0. The molecule has 1 heterocycles. The molecule has 0 aliphatic rings. The quantitative estimate of drug-likeness (QED) is 0.519. The Bertz CT molecular complexity index is 412. The second-order valence-corrected chi connectivity index (χ2v) is 3.91. The zero-order valence-corrected chi connectivity index (χ0v) is 10.4. The van der Waals surface area contributed by atoms with Gasteiger partial charge in [0.05, 0.1) is 19.1 Å². The van der Waals surface area contributed by atoms with E-state index in [0.29, 0.717) is 0 Å². The molecule has 0 amide bonds. The SMILES string of the molecule is COC(=O)Cc1cnc(I)c(O)c1C(F)F. The smallest absolute Gasteiger partial charge is 0.310 e. The molecule has 1 aromatic rings. The van der Waals surface area contributed by atoms with E-state index < -0.39 is 23.7 Å². The van der Waals surface area contributed by atoms with Crippen molar-refractivity contribution in [1.29, 1.82) is 0 Å². The number of rotatable bonds is 3. The van der Waals surface area contributed by atoms with Gasteiger partial charge in [-0.1, -0.05) is 0 Å². The highest BCUT2D eigenvalue weighted by molar-refractivity contribution is 14.1. The molecule has 1 aromatic heterocycles. The van der Waals surface area contributed by atoms with Crippen LogP contribution in [0.4, 0.5) is 8.78 Å². The van der Waals surface area contributed by atoms with Gasteiger partial charge in [0.2, 0.25) is 0 Å². The topological polar surface area (TPSA) is 59.4 Å². The second-order valence-electron chi connectivity index (χ2n) is 2.89. The molecule has 88 valence electrons. The molecule has 0 bridgehead atoms. The highest BCUT2D eigenvalue weighted by Gasteiger charge is 2.22. The van der Waals surface area contributed by atoms with Crippen molar-refractivity contribution in [2.24, 2.45) is 0 Å². The number of pyridine rings is 1. The molecule has 0 atom stereocenters. The van der Waals surface area contributed by atoms with Crippen LogP contribution < -0.4 is 0 Å². The molecule has 0 aromatic carbocycles. The lowest BCUT2D eigenvalue weighted by molar-refractivity contribution is -0.139. The van der Waals surface area contributed by atoms with E-state index in [0.717, 1.165) is 13.3 Å². The molecule has 0 aliphatic carbocycles. The van der Waals surface area contributed by atoms with Crippen molar-refractivity contribution in [1.82, 2.24) is 4.98 Å². The number of hydrogen-bond acceptors (Lipinski definition) is 4. The summed E-state index contributed by atoms with van der Waals surface area (Å²) in [5.74, 6) is -1.25. The van der Waals surface area contributed by atoms with Gasteiger partial charge in [0.25, 0.3) is 6.43 Å². The molecular weight excluding hydrogens is 335 g/mol. The maximum atomic E-state index is 12.7. The second kappa shape index (κ2) is 5.37. The first-order chi connectivity index (χ1) is 7.47. The minimum Gasteiger partial charge on any atom is -0.505 e. The van der Waals surface area contributed by atoms with Crippen molar-refractivity contribution >= 4 is 28.6 Å². The van der Waals surface area contributed by atoms with E-state index in [1.165, 1.54) is 0 Å². The van der Waals surface area contributed by atoms with Gasteiger partial charge in [-0.25, -0.2) is 13.8 Å². The predicted molar refractivity (Wildman–Crippen MR) is 59.3 cm³/mol. The van der Waals surface area contributed by atoms with E-state index in [1.807, 2.05) is 0 Å². The van der Waals surface area contributed by atoms with Crippen LogP contribution in [0.2, 0.25) is 0 Å². The van der Waals surface area contributed by atoms with Gasteiger partial charge >= 0.3 is 5.97 Å². The fourth-order valence-electron chi connectivity index (χ4n) is 1.14. The molecule has 0 spiro atoms. The van der Waals surface area contributed by atoms with Gasteiger partial charge in [-0.2, -0.15) is 0 Å². The minimum absolute atomic E-state index is 0.0280. The number of halogens is 3. The minimum atomic E-state index is -2.86. The van der Waals surface area contributed by atoms with Crippen molar-refractivity contribution in [2.45, 2.75) is 12.8 Å². The van der Waals surface area contributed by atoms with E-state index in [1.54, 1.807) is 22.6 Å². The van der Waals surface area contributed by atoms with Crippen LogP contribution in [0.1, 0.15) is 17.6 Å². The number of alkyl halides is 2. The lowest BCUT2D eigenvalue weighted by atomic mass is 10.1. The lowest BCUT2D eigenvalue weighted by Gasteiger charge is -2.10. The van der Waals surface area contributed by atoms with Gasteiger partial charge in [-0.05, 0) is 28.2 Å². The van der Waals surface area contributed by atoms with Gasteiger partial charge in [0, 0.05) is 6.20 Å². The largest absolute Gasteiger partial charge is 0.505 e. The van der Waals surface area contributed by atoms with Crippen molar-refractivity contribution in [3.8, 4) is 5.75 Å². The molecule has 4 nitrogen and oxygen atoms in total. The number of esters is 1. The number of ether oxygens (including phenoxy) is 1. The summed E-state index contributed by atoms with van der Waals surface area (Å²) < 4.78 is 29.8. The fraction of sp³-hybridized carbons (Fsp3) is 0.333. The van der Waals surface area contributed by atoms with Gasteiger partial charge in [0.15, 0.2) is 5.75 Å². The molecule has 1 rings (SSSR count). The van der Waals surface area contributed by atoms with Crippen molar-refractivity contribution in [3.05, 3.63) is 21.0 Å². The van der Waals surface area contributed by atoms with Crippen LogP contribution in [0.3, 0.4) is 0 Å². The third-order valence-electron chi connectivity index (χ3n) is 1.91. The van der Waals surface area contributed by atoms with E-state index in [-0.39, 0.29) is 15.7 Å². The summed E-state index contributed by atoms with van der Waals surface area (Å²) in [6.45, 7) is 0. The normalized spacial score (nSPS) is 10.6. The Labute approximate surface area is 104 Å². The predicted octanol–water partition coefficient (Wildman–Crippen LogP) is 2.04. The maximum absolute atomic E-state index is 12.7.